The van der Waals surface area contributed by atoms with Gasteiger partial charge < -0.3 is 20.5 Å². The van der Waals surface area contributed by atoms with Crippen molar-refractivity contribution in [1.82, 2.24) is 10.2 Å². The third-order valence-corrected chi connectivity index (χ3v) is 5.12. The summed E-state index contributed by atoms with van der Waals surface area (Å²) in [7, 11) is 2.14. The van der Waals surface area contributed by atoms with E-state index >= 15 is 0 Å². The van der Waals surface area contributed by atoms with E-state index in [4.69, 9.17) is 15.2 Å². The third kappa shape index (κ3) is 5.17. The molecule has 0 bridgehead atoms. The second kappa shape index (κ2) is 8.17. The van der Waals surface area contributed by atoms with Crippen LogP contribution in [0.4, 0.5) is 0 Å². The molecule has 138 valence electrons. The SMILES string of the molecule is CN(CCOc1cccc(CNC(=O)C2(N)CC2)c1)C1CCOCC1. The van der Waals surface area contributed by atoms with E-state index in [0.717, 1.165) is 56.8 Å². The predicted octanol–water partition coefficient (Wildman–Crippen LogP) is 1.28. The van der Waals surface area contributed by atoms with Crippen LogP contribution < -0.4 is 15.8 Å². The Morgan fingerprint density at radius 2 is 2.16 bits per heavy atom. The first-order chi connectivity index (χ1) is 12.1. The van der Waals surface area contributed by atoms with Gasteiger partial charge in [0.25, 0.3) is 0 Å². The number of ether oxygens (including phenoxy) is 2. The molecule has 1 heterocycles. The molecule has 0 aromatic heterocycles. The molecule has 1 aromatic rings. The van der Waals surface area contributed by atoms with Crippen LogP contribution in [0.15, 0.2) is 24.3 Å². The van der Waals surface area contributed by atoms with Gasteiger partial charge in [0.05, 0.1) is 5.54 Å². The van der Waals surface area contributed by atoms with E-state index in [9.17, 15) is 4.79 Å². The van der Waals surface area contributed by atoms with E-state index in [2.05, 4.69) is 17.3 Å². The van der Waals surface area contributed by atoms with Gasteiger partial charge in [-0.3, -0.25) is 9.69 Å². The molecule has 0 atom stereocenters. The minimum absolute atomic E-state index is 0.0584. The Kier molecular flexibility index (Phi) is 5.93. The Labute approximate surface area is 149 Å². The molecule has 3 rings (SSSR count). The maximum Gasteiger partial charge on any atom is 0.240 e. The van der Waals surface area contributed by atoms with Crippen molar-refractivity contribution in [2.45, 2.75) is 43.8 Å². The molecule has 2 fully saturated rings. The summed E-state index contributed by atoms with van der Waals surface area (Å²) in [5.74, 6) is 0.776. The molecule has 6 nitrogen and oxygen atoms in total. The molecule has 1 aromatic carbocycles. The smallest absolute Gasteiger partial charge is 0.240 e. The number of carbonyl (C=O) groups excluding carboxylic acids is 1. The van der Waals surface area contributed by atoms with Crippen LogP contribution in [0.25, 0.3) is 0 Å². The summed E-state index contributed by atoms with van der Waals surface area (Å²) in [5.41, 5.74) is 6.29. The van der Waals surface area contributed by atoms with Crippen molar-refractivity contribution in [3.63, 3.8) is 0 Å². The van der Waals surface area contributed by atoms with Gasteiger partial charge in [-0.05, 0) is 50.4 Å². The lowest BCUT2D eigenvalue weighted by Crippen LogP contribution is -2.42. The minimum atomic E-state index is -0.622. The van der Waals surface area contributed by atoms with Crippen LogP contribution in [0.1, 0.15) is 31.2 Å². The molecular weight excluding hydrogens is 318 g/mol. The Bertz CT molecular complexity index is 583. The first kappa shape index (κ1) is 18.2. The zero-order valence-electron chi connectivity index (χ0n) is 15.0. The fourth-order valence-corrected chi connectivity index (χ4v) is 3.08. The minimum Gasteiger partial charge on any atom is -0.492 e. The molecular formula is C19H29N3O3. The van der Waals surface area contributed by atoms with Gasteiger partial charge in [-0.25, -0.2) is 0 Å². The highest BCUT2D eigenvalue weighted by atomic mass is 16.5. The number of hydrogen-bond donors (Lipinski definition) is 2. The Morgan fingerprint density at radius 3 is 2.88 bits per heavy atom. The Hall–Kier alpha value is -1.63. The molecule has 0 radical (unpaired) electrons. The van der Waals surface area contributed by atoms with Crippen molar-refractivity contribution in [2.75, 3.05) is 33.4 Å². The summed E-state index contributed by atoms with van der Waals surface area (Å²) in [5, 5.41) is 2.91. The van der Waals surface area contributed by atoms with Crippen LogP contribution in [0.2, 0.25) is 0 Å². The number of nitrogens with one attached hydrogen (secondary N) is 1. The molecule has 1 aliphatic carbocycles. The van der Waals surface area contributed by atoms with Gasteiger partial charge in [-0.15, -0.1) is 0 Å². The largest absolute Gasteiger partial charge is 0.492 e. The lowest BCUT2D eigenvalue weighted by Gasteiger charge is -2.31. The van der Waals surface area contributed by atoms with E-state index in [0.29, 0.717) is 19.2 Å². The standard InChI is InChI=1S/C19H29N3O3/c1-22(16-5-10-24-11-6-16)9-12-25-17-4-2-3-15(13-17)14-21-18(23)19(20)7-8-19/h2-4,13,16H,5-12,14,20H2,1H3,(H,21,23). The molecule has 1 saturated heterocycles. The van der Waals surface area contributed by atoms with Gasteiger partial charge in [0.2, 0.25) is 5.91 Å². The fraction of sp³-hybridized carbons (Fsp3) is 0.632. The van der Waals surface area contributed by atoms with Crippen LogP contribution in [-0.4, -0.2) is 55.8 Å². The fourth-order valence-electron chi connectivity index (χ4n) is 3.08. The quantitative estimate of drug-likeness (QED) is 0.741. The summed E-state index contributed by atoms with van der Waals surface area (Å²) in [4.78, 5) is 14.3. The number of rotatable bonds is 8. The van der Waals surface area contributed by atoms with Crippen molar-refractivity contribution in [2.24, 2.45) is 5.73 Å². The summed E-state index contributed by atoms with van der Waals surface area (Å²) in [6.45, 7) is 3.73. The maximum atomic E-state index is 11.9. The van der Waals surface area contributed by atoms with E-state index in [1.807, 2.05) is 24.3 Å². The van der Waals surface area contributed by atoms with E-state index in [-0.39, 0.29) is 5.91 Å². The van der Waals surface area contributed by atoms with Crippen molar-refractivity contribution >= 4 is 5.91 Å². The van der Waals surface area contributed by atoms with E-state index in [1.165, 1.54) is 0 Å². The first-order valence-electron chi connectivity index (χ1n) is 9.14. The number of nitrogens with two attached hydrogens (primary N) is 1. The van der Waals surface area contributed by atoms with Gasteiger partial charge in [0.15, 0.2) is 0 Å². The number of nitrogens with zero attached hydrogens (tertiary/aromatic N) is 1. The predicted molar refractivity (Wildman–Crippen MR) is 96.4 cm³/mol. The molecule has 2 aliphatic rings. The number of amides is 1. The molecule has 1 aliphatic heterocycles. The molecule has 0 spiro atoms. The summed E-state index contributed by atoms with van der Waals surface area (Å²) in [6, 6.07) is 8.45. The summed E-state index contributed by atoms with van der Waals surface area (Å²) >= 11 is 0. The van der Waals surface area contributed by atoms with Crippen molar-refractivity contribution < 1.29 is 14.3 Å². The molecule has 1 saturated carbocycles. The van der Waals surface area contributed by atoms with Crippen LogP contribution in [-0.2, 0) is 16.1 Å². The van der Waals surface area contributed by atoms with Crippen LogP contribution in [0, 0.1) is 0 Å². The van der Waals surface area contributed by atoms with Crippen molar-refractivity contribution in [3.05, 3.63) is 29.8 Å². The first-order valence-corrected chi connectivity index (χ1v) is 9.14. The van der Waals surface area contributed by atoms with Gasteiger partial charge in [0.1, 0.15) is 12.4 Å². The van der Waals surface area contributed by atoms with Crippen molar-refractivity contribution in [3.8, 4) is 5.75 Å². The topological polar surface area (TPSA) is 76.8 Å². The van der Waals surface area contributed by atoms with E-state index in [1.54, 1.807) is 0 Å². The molecule has 0 unspecified atom stereocenters. The van der Waals surface area contributed by atoms with Crippen LogP contribution >= 0.6 is 0 Å². The Morgan fingerprint density at radius 1 is 1.40 bits per heavy atom. The Balaban J connectivity index is 1.41. The third-order valence-electron chi connectivity index (χ3n) is 5.12. The monoisotopic (exact) mass is 347 g/mol. The van der Waals surface area contributed by atoms with E-state index < -0.39 is 5.54 Å². The van der Waals surface area contributed by atoms with Crippen LogP contribution in [0.3, 0.4) is 0 Å². The zero-order chi connectivity index (χ0) is 17.7. The second-order valence-corrected chi connectivity index (χ2v) is 7.16. The van der Waals surface area contributed by atoms with Gasteiger partial charge in [-0.1, -0.05) is 12.1 Å². The summed E-state index contributed by atoms with van der Waals surface area (Å²) in [6.07, 6.45) is 3.74. The zero-order valence-corrected chi connectivity index (χ0v) is 15.0. The molecule has 3 N–H and O–H groups in total. The van der Waals surface area contributed by atoms with Gasteiger partial charge in [-0.2, -0.15) is 0 Å². The highest BCUT2D eigenvalue weighted by molar-refractivity contribution is 5.88. The molecule has 25 heavy (non-hydrogen) atoms. The number of carbonyl (C=O) groups is 1. The molecule has 1 amide bonds. The average molecular weight is 347 g/mol. The number of likely N-dealkylation sites (N-methyl/N-ethyl adjacent to an activating group) is 1. The lowest BCUT2D eigenvalue weighted by molar-refractivity contribution is -0.123. The maximum absolute atomic E-state index is 11.9. The highest BCUT2D eigenvalue weighted by Crippen LogP contribution is 2.32. The van der Waals surface area contributed by atoms with Gasteiger partial charge >= 0.3 is 0 Å². The summed E-state index contributed by atoms with van der Waals surface area (Å²) < 4.78 is 11.3. The number of benzene rings is 1. The van der Waals surface area contributed by atoms with Gasteiger partial charge in [0, 0.05) is 32.3 Å². The van der Waals surface area contributed by atoms with Crippen molar-refractivity contribution in [1.29, 1.82) is 0 Å². The average Bonchev–Trinajstić information content (AvgIpc) is 3.39. The second-order valence-electron chi connectivity index (χ2n) is 7.16. The highest BCUT2D eigenvalue weighted by Gasteiger charge is 2.45. The normalized spacial score (nSPS) is 19.6. The number of hydrogen-bond acceptors (Lipinski definition) is 5. The van der Waals surface area contributed by atoms with Crippen LogP contribution in [0.5, 0.6) is 5.75 Å². The lowest BCUT2D eigenvalue weighted by atomic mass is 10.1. The molecule has 6 heteroatoms.